The molecule has 1 atom stereocenters. The van der Waals surface area contributed by atoms with Gasteiger partial charge in [-0.15, -0.1) is 0 Å². The molecule has 1 heterocycles. The van der Waals surface area contributed by atoms with Crippen molar-refractivity contribution >= 4 is 23.6 Å². The Morgan fingerprint density at radius 3 is 2.61 bits per heavy atom. The van der Waals surface area contributed by atoms with Crippen LogP contribution < -0.4 is 10.6 Å². The Kier molecular flexibility index (Phi) is 4.36. The fourth-order valence-corrected chi connectivity index (χ4v) is 1.24. The van der Waals surface area contributed by atoms with Crippen molar-refractivity contribution in [3.8, 4) is 0 Å². The van der Waals surface area contributed by atoms with Crippen LogP contribution in [0.2, 0.25) is 0 Å². The van der Waals surface area contributed by atoms with Crippen molar-refractivity contribution in [2.45, 2.75) is 19.9 Å². The first-order valence-corrected chi connectivity index (χ1v) is 5.17. The van der Waals surface area contributed by atoms with Crippen LogP contribution >= 0.6 is 0 Å². The third kappa shape index (κ3) is 3.85. The number of carboxylic acids is 1. The largest absolute Gasteiger partial charge is 0.478 e. The molecule has 3 N–H and O–H groups in total. The number of aromatic carboxylic acids is 1. The molecule has 0 radical (unpaired) electrons. The maximum absolute atomic E-state index is 11.6. The molecule has 1 unspecified atom stereocenters. The van der Waals surface area contributed by atoms with E-state index < -0.39 is 17.9 Å². The Morgan fingerprint density at radius 1 is 1.39 bits per heavy atom. The first-order valence-electron chi connectivity index (χ1n) is 5.17. The highest BCUT2D eigenvalue weighted by atomic mass is 16.4. The smallest absolute Gasteiger partial charge is 0.335 e. The molecular weight excluding hydrogens is 238 g/mol. The van der Waals surface area contributed by atoms with Crippen molar-refractivity contribution in [1.82, 2.24) is 10.3 Å². The quantitative estimate of drug-likeness (QED) is 0.710. The molecule has 1 rings (SSSR count). The summed E-state index contributed by atoms with van der Waals surface area (Å²) in [6, 6.07) is 1.83. The minimum atomic E-state index is -1.11. The Bertz CT molecular complexity index is 487. The number of amides is 2. The molecule has 96 valence electrons. The van der Waals surface area contributed by atoms with Crippen LogP contribution in [-0.2, 0) is 9.59 Å². The van der Waals surface area contributed by atoms with Crippen molar-refractivity contribution in [2.24, 2.45) is 0 Å². The SMILES string of the molecule is CC(=O)NC(C)C(=O)Nc1cc(C(=O)O)ccn1. The predicted molar refractivity (Wildman–Crippen MR) is 63.1 cm³/mol. The third-order valence-electron chi connectivity index (χ3n) is 2.07. The molecule has 0 saturated heterocycles. The van der Waals surface area contributed by atoms with E-state index in [-0.39, 0.29) is 17.3 Å². The number of carboxylic acid groups (broad SMARTS) is 1. The van der Waals surface area contributed by atoms with Crippen LogP contribution in [0.15, 0.2) is 18.3 Å². The van der Waals surface area contributed by atoms with E-state index in [2.05, 4.69) is 15.6 Å². The van der Waals surface area contributed by atoms with Crippen LogP contribution in [-0.4, -0.2) is 33.9 Å². The number of rotatable bonds is 4. The van der Waals surface area contributed by atoms with Gasteiger partial charge in [0.2, 0.25) is 11.8 Å². The minimum Gasteiger partial charge on any atom is -0.478 e. The molecule has 0 aliphatic heterocycles. The maximum Gasteiger partial charge on any atom is 0.335 e. The molecule has 2 amide bonds. The van der Waals surface area contributed by atoms with Crippen LogP contribution in [0.5, 0.6) is 0 Å². The minimum absolute atomic E-state index is 0.0208. The van der Waals surface area contributed by atoms with Crippen LogP contribution in [0.3, 0.4) is 0 Å². The van der Waals surface area contributed by atoms with Gasteiger partial charge in [-0.2, -0.15) is 0 Å². The molecule has 0 bridgehead atoms. The summed E-state index contributed by atoms with van der Waals surface area (Å²) in [4.78, 5) is 36.9. The molecule has 0 aromatic carbocycles. The number of anilines is 1. The Hall–Kier alpha value is -2.44. The number of pyridine rings is 1. The average molecular weight is 251 g/mol. The lowest BCUT2D eigenvalue weighted by Crippen LogP contribution is -2.40. The molecule has 1 aromatic heterocycles. The van der Waals surface area contributed by atoms with Gasteiger partial charge in [0, 0.05) is 13.1 Å². The van der Waals surface area contributed by atoms with Crippen LogP contribution in [0.1, 0.15) is 24.2 Å². The Balaban J connectivity index is 2.72. The highest BCUT2D eigenvalue weighted by Gasteiger charge is 2.14. The van der Waals surface area contributed by atoms with Crippen molar-refractivity contribution in [1.29, 1.82) is 0 Å². The standard InChI is InChI=1S/C11H13N3O4/c1-6(13-7(2)15)10(16)14-9-5-8(11(17)18)3-4-12-9/h3-6H,1-2H3,(H,13,15)(H,17,18)(H,12,14,16). The molecule has 0 spiro atoms. The normalized spacial score (nSPS) is 11.4. The Labute approximate surface area is 103 Å². The van der Waals surface area contributed by atoms with Gasteiger partial charge < -0.3 is 15.7 Å². The van der Waals surface area contributed by atoms with E-state index in [9.17, 15) is 14.4 Å². The second kappa shape index (κ2) is 5.76. The molecule has 18 heavy (non-hydrogen) atoms. The van der Waals surface area contributed by atoms with E-state index in [0.29, 0.717) is 0 Å². The van der Waals surface area contributed by atoms with Gasteiger partial charge in [-0.05, 0) is 19.1 Å². The first-order chi connectivity index (χ1) is 8.40. The number of nitrogens with one attached hydrogen (secondary N) is 2. The first kappa shape index (κ1) is 13.6. The zero-order valence-corrected chi connectivity index (χ0v) is 9.93. The zero-order chi connectivity index (χ0) is 13.7. The topological polar surface area (TPSA) is 108 Å². The predicted octanol–water partition coefficient (Wildman–Crippen LogP) is 0.243. The number of nitrogens with zero attached hydrogens (tertiary/aromatic N) is 1. The molecule has 0 saturated carbocycles. The number of hydrogen-bond donors (Lipinski definition) is 3. The fourth-order valence-electron chi connectivity index (χ4n) is 1.24. The molecule has 1 aromatic rings. The zero-order valence-electron chi connectivity index (χ0n) is 9.93. The lowest BCUT2D eigenvalue weighted by Gasteiger charge is -2.12. The Morgan fingerprint density at radius 2 is 2.06 bits per heavy atom. The van der Waals surface area contributed by atoms with Crippen molar-refractivity contribution in [3.63, 3.8) is 0 Å². The number of aromatic nitrogens is 1. The van der Waals surface area contributed by atoms with E-state index >= 15 is 0 Å². The maximum atomic E-state index is 11.6. The summed E-state index contributed by atoms with van der Waals surface area (Å²) in [6.45, 7) is 2.81. The van der Waals surface area contributed by atoms with Gasteiger partial charge in [0.05, 0.1) is 5.56 Å². The van der Waals surface area contributed by atoms with E-state index in [1.807, 2.05) is 0 Å². The summed E-state index contributed by atoms with van der Waals surface area (Å²) in [7, 11) is 0. The summed E-state index contributed by atoms with van der Waals surface area (Å²) in [5.74, 6) is -1.79. The number of carbonyl (C=O) groups is 3. The lowest BCUT2D eigenvalue weighted by atomic mass is 10.2. The van der Waals surface area contributed by atoms with Crippen LogP contribution in [0.4, 0.5) is 5.82 Å². The average Bonchev–Trinajstić information content (AvgIpc) is 2.28. The lowest BCUT2D eigenvalue weighted by molar-refractivity contribution is -0.124. The fraction of sp³-hybridized carbons (Fsp3) is 0.273. The van der Waals surface area contributed by atoms with Gasteiger partial charge in [0.15, 0.2) is 0 Å². The van der Waals surface area contributed by atoms with Gasteiger partial charge in [-0.25, -0.2) is 9.78 Å². The van der Waals surface area contributed by atoms with Crippen molar-refractivity contribution in [3.05, 3.63) is 23.9 Å². The number of carbonyl (C=O) groups excluding carboxylic acids is 2. The highest BCUT2D eigenvalue weighted by Crippen LogP contribution is 2.07. The van der Waals surface area contributed by atoms with Crippen molar-refractivity contribution in [2.75, 3.05) is 5.32 Å². The van der Waals surface area contributed by atoms with E-state index in [1.165, 1.54) is 32.2 Å². The van der Waals surface area contributed by atoms with Crippen LogP contribution in [0, 0.1) is 0 Å². The molecule has 7 nitrogen and oxygen atoms in total. The van der Waals surface area contributed by atoms with Gasteiger partial charge in [0.1, 0.15) is 11.9 Å². The van der Waals surface area contributed by atoms with Gasteiger partial charge >= 0.3 is 5.97 Å². The van der Waals surface area contributed by atoms with E-state index in [4.69, 9.17) is 5.11 Å². The van der Waals surface area contributed by atoms with Crippen LogP contribution in [0.25, 0.3) is 0 Å². The molecule has 0 aliphatic carbocycles. The van der Waals surface area contributed by atoms with E-state index in [1.54, 1.807) is 0 Å². The summed E-state index contributed by atoms with van der Waals surface area (Å²) < 4.78 is 0. The van der Waals surface area contributed by atoms with Gasteiger partial charge in [-0.1, -0.05) is 0 Å². The summed E-state index contributed by atoms with van der Waals surface area (Å²) in [5, 5.41) is 13.6. The summed E-state index contributed by atoms with van der Waals surface area (Å²) in [5.41, 5.74) is 0.0208. The van der Waals surface area contributed by atoms with E-state index in [0.717, 1.165) is 0 Å². The summed E-state index contributed by atoms with van der Waals surface area (Å²) >= 11 is 0. The second-order valence-corrected chi connectivity index (χ2v) is 3.65. The number of hydrogen-bond acceptors (Lipinski definition) is 4. The van der Waals surface area contributed by atoms with Crippen molar-refractivity contribution < 1.29 is 19.5 Å². The molecule has 0 fully saturated rings. The summed E-state index contributed by atoms with van der Waals surface area (Å²) in [6.07, 6.45) is 1.28. The molecular formula is C11H13N3O4. The molecule has 0 aliphatic rings. The highest BCUT2D eigenvalue weighted by molar-refractivity contribution is 5.97. The van der Waals surface area contributed by atoms with Gasteiger partial charge in [0.25, 0.3) is 0 Å². The third-order valence-corrected chi connectivity index (χ3v) is 2.07. The molecule has 7 heteroatoms. The van der Waals surface area contributed by atoms with Gasteiger partial charge in [-0.3, -0.25) is 9.59 Å². The second-order valence-electron chi connectivity index (χ2n) is 3.65. The monoisotopic (exact) mass is 251 g/mol.